The van der Waals surface area contributed by atoms with Gasteiger partial charge < -0.3 is 20.8 Å². The summed E-state index contributed by atoms with van der Waals surface area (Å²) < 4.78 is 2.32. The molecule has 0 nitrogen and oxygen atoms in total. The Kier molecular flexibility index (Phi) is 17.3. The van der Waals surface area contributed by atoms with E-state index in [0.29, 0.717) is 0 Å². The standard InChI is InChI=1S/3C13H29Si2.Cr/c3*1-12-8-10-13(11-9-12,14(2,3)4)15(5,6)7;/h3*12H,1,8-11H2,2-7H3;/q3*-1;+3. The Morgan fingerprint density at radius 3 is 0.500 bits per heavy atom. The Bertz CT molecular complexity index is 713. The fourth-order valence-corrected chi connectivity index (χ4v) is 49.1. The first-order valence-corrected chi connectivity index (χ1v) is 40.3. The van der Waals surface area contributed by atoms with Crippen molar-refractivity contribution in [1.29, 1.82) is 0 Å². The maximum atomic E-state index is 4.26. The summed E-state index contributed by atoms with van der Waals surface area (Å²) in [4.78, 5) is 0. The molecule has 0 unspecified atom stereocenters. The molecule has 3 saturated carbocycles. The Balaban J connectivity index is 0.000000653. The van der Waals surface area contributed by atoms with Crippen molar-refractivity contribution in [2.24, 2.45) is 17.8 Å². The van der Waals surface area contributed by atoms with Gasteiger partial charge >= 0.3 is 17.4 Å². The van der Waals surface area contributed by atoms with Gasteiger partial charge in [0.15, 0.2) is 0 Å². The number of rotatable bonds is 6. The third-order valence-corrected chi connectivity index (χ3v) is 48.2. The van der Waals surface area contributed by atoms with Crippen LogP contribution in [0.1, 0.15) is 77.0 Å². The maximum Gasteiger partial charge on any atom is 3.00 e. The van der Waals surface area contributed by atoms with Gasteiger partial charge in [0.1, 0.15) is 0 Å². The average Bonchev–Trinajstić information content (AvgIpc) is 2.82. The van der Waals surface area contributed by atoms with Crippen molar-refractivity contribution in [3.63, 3.8) is 0 Å². The van der Waals surface area contributed by atoms with Crippen molar-refractivity contribution < 1.29 is 17.4 Å². The van der Waals surface area contributed by atoms with Crippen LogP contribution >= 0.6 is 0 Å². The molecular weight excluding hydrogens is 689 g/mol. The van der Waals surface area contributed by atoms with E-state index in [1.165, 1.54) is 77.0 Å². The monoisotopic (exact) mass is 775 g/mol. The fraction of sp³-hybridized carbons (Fsp3) is 0.923. The molecule has 3 aliphatic rings. The van der Waals surface area contributed by atoms with E-state index in [1.807, 2.05) is 0 Å². The van der Waals surface area contributed by atoms with Crippen molar-refractivity contribution >= 4 is 48.4 Å². The van der Waals surface area contributed by atoms with E-state index in [4.69, 9.17) is 0 Å². The van der Waals surface area contributed by atoms with Crippen LogP contribution < -0.4 is 0 Å². The zero-order valence-electron chi connectivity index (χ0n) is 35.2. The Morgan fingerprint density at radius 1 is 0.304 bits per heavy atom. The van der Waals surface area contributed by atoms with Gasteiger partial charge in [0.05, 0.1) is 0 Å². The van der Waals surface area contributed by atoms with Crippen molar-refractivity contribution in [1.82, 2.24) is 0 Å². The van der Waals surface area contributed by atoms with Crippen LogP contribution in [0.4, 0.5) is 0 Å². The molecule has 0 aromatic rings. The average molecular weight is 777 g/mol. The van der Waals surface area contributed by atoms with Gasteiger partial charge in [-0.2, -0.15) is 17.8 Å². The van der Waals surface area contributed by atoms with Crippen LogP contribution in [0.15, 0.2) is 0 Å². The minimum absolute atomic E-state index is 0. The van der Waals surface area contributed by atoms with Crippen LogP contribution in [0, 0.1) is 38.5 Å². The largest absolute Gasteiger partial charge is 3.00 e. The molecule has 0 amide bonds. The summed E-state index contributed by atoms with van der Waals surface area (Å²) in [7, 11) is -6.23. The van der Waals surface area contributed by atoms with Crippen LogP contribution in [0.25, 0.3) is 0 Å². The summed E-state index contributed by atoms with van der Waals surface area (Å²) in [5.74, 6) is 2.22. The van der Waals surface area contributed by atoms with Crippen LogP contribution in [0.3, 0.4) is 0 Å². The molecule has 0 bridgehead atoms. The van der Waals surface area contributed by atoms with Gasteiger partial charge in [0, 0.05) is 48.4 Å². The molecule has 0 heterocycles. The van der Waals surface area contributed by atoms with Gasteiger partial charge in [-0.15, -0.1) is 0 Å². The third-order valence-electron chi connectivity index (χ3n) is 14.5. The third kappa shape index (κ3) is 10.9. The van der Waals surface area contributed by atoms with Crippen molar-refractivity contribution in [2.45, 2.75) is 209 Å². The molecule has 3 aliphatic carbocycles. The van der Waals surface area contributed by atoms with Crippen molar-refractivity contribution in [2.75, 3.05) is 0 Å². The summed E-state index contributed by atoms with van der Waals surface area (Å²) in [6.45, 7) is 59.4. The molecule has 273 valence electrons. The molecule has 0 spiro atoms. The normalized spacial score (nSPS) is 23.7. The fourth-order valence-electron chi connectivity index (χ4n) is 11.4. The van der Waals surface area contributed by atoms with E-state index in [9.17, 15) is 0 Å². The first kappa shape index (κ1) is 47.8. The molecule has 3 fully saturated rings. The second kappa shape index (κ2) is 16.7. The van der Waals surface area contributed by atoms with Crippen molar-refractivity contribution in [3.8, 4) is 0 Å². The van der Waals surface area contributed by atoms with Gasteiger partial charge in [-0.25, -0.2) is 0 Å². The topological polar surface area (TPSA) is 0 Å². The Hall–Kier alpha value is 1.83. The first-order chi connectivity index (χ1) is 19.8. The molecule has 0 N–H and O–H groups in total. The van der Waals surface area contributed by atoms with Gasteiger partial charge in [-0.3, -0.25) is 0 Å². The molecule has 0 atom stereocenters. The van der Waals surface area contributed by atoms with Crippen LogP contribution in [-0.4, -0.2) is 48.4 Å². The second-order valence-electron chi connectivity index (χ2n) is 22.6. The Morgan fingerprint density at radius 2 is 0.413 bits per heavy atom. The van der Waals surface area contributed by atoms with Gasteiger partial charge in [-0.05, 0) is 14.0 Å². The second-order valence-corrected chi connectivity index (χ2v) is 56.8. The van der Waals surface area contributed by atoms with E-state index in [-0.39, 0.29) is 17.4 Å². The molecule has 7 heteroatoms. The summed E-state index contributed by atoms with van der Waals surface area (Å²) in [5, 5.41) is 0. The molecule has 0 aromatic carbocycles. The molecule has 1 radical (unpaired) electrons. The predicted octanol–water partition coefficient (Wildman–Crippen LogP) is 14.9. The zero-order chi connectivity index (χ0) is 35.7. The van der Waals surface area contributed by atoms with Gasteiger partial charge in [-0.1, -0.05) is 195 Å². The SMILES string of the molecule is [CH2-]C1CCC([Si](C)(C)C)([Si](C)(C)C)CC1.[CH2-]C1CCC([Si](C)(C)C)([Si](C)(C)C)CC1.[CH2-]C1CCC([Si](C)(C)C)([Si](C)(C)C)CC1.[Cr+3]. The predicted molar refractivity (Wildman–Crippen MR) is 230 cm³/mol. The van der Waals surface area contributed by atoms with E-state index >= 15 is 0 Å². The number of hydrogen-bond acceptors (Lipinski definition) is 0. The molecule has 3 rings (SSSR count). The summed E-state index contributed by atoms with van der Waals surface area (Å²) in [6, 6.07) is 0. The van der Waals surface area contributed by atoms with Gasteiger partial charge in [0.2, 0.25) is 0 Å². The van der Waals surface area contributed by atoms with Gasteiger partial charge in [0.25, 0.3) is 0 Å². The molecule has 46 heavy (non-hydrogen) atoms. The summed E-state index contributed by atoms with van der Waals surface area (Å²) in [6.07, 6.45) is 17.2. The Labute approximate surface area is 311 Å². The molecule has 0 saturated heterocycles. The minimum atomic E-state index is -1.04. The van der Waals surface area contributed by atoms with E-state index in [0.717, 1.165) is 31.7 Å². The summed E-state index contributed by atoms with van der Waals surface area (Å²) in [5.41, 5.74) is 0. The maximum absolute atomic E-state index is 4.26. The van der Waals surface area contributed by atoms with E-state index in [2.05, 4.69) is 139 Å². The summed E-state index contributed by atoms with van der Waals surface area (Å²) >= 11 is 0. The van der Waals surface area contributed by atoms with Crippen LogP contribution in [-0.2, 0) is 17.4 Å². The molecular formula is C39H87CrSi6. The van der Waals surface area contributed by atoms with E-state index in [1.54, 1.807) is 0 Å². The van der Waals surface area contributed by atoms with Crippen LogP contribution in [0.2, 0.25) is 132 Å². The quantitative estimate of drug-likeness (QED) is 0.186. The van der Waals surface area contributed by atoms with Crippen molar-refractivity contribution in [3.05, 3.63) is 20.8 Å². The smallest absolute Gasteiger partial charge is 0.340 e. The minimum Gasteiger partial charge on any atom is -0.340 e. The van der Waals surface area contributed by atoms with E-state index < -0.39 is 48.4 Å². The number of hydrogen-bond donors (Lipinski definition) is 0. The first-order valence-electron chi connectivity index (χ1n) is 19.3. The van der Waals surface area contributed by atoms with Crippen LogP contribution in [0.5, 0.6) is 0 Å². The zero-order valence-corrected chi connectivity index (χ0v) is 42.5. The molecule has 0 aromatic heterocycles. The molecule has 0 aliphatic heterocycles.